The van der Waals surface area contributed by atoms with Crippen molar-refractivity contribution in [1.29, 1.82) is 0 Å². The lowest BCUT2D eigenvalue weighted by Gasteiger charge is -2.10. The summed E-state index contributed by atoms with van der Waals surface area (Å²) in [5, 5.41) is 0. The first kappa shape index (κ1) is 14.6. The van der Waals surface area contributed by atoms with E-state index in [-0.39, 0.29) is 6.61 Å². The molecule has 1 heterocycles. The number of rotatable bonds is 4. The van der Waals surface area contributed by atoms with Gasteiger partial charge >= 0.3 is 6.09 Å². The van der Waals surface area contributed by atoms with Crippen LogP contribution >= 0.6 is 0 Å². The third-order valence-electron chi connectivity index (χ3n) is 2.81. The first-order valence-corrected chi connectivity index (χ1v) is 6.63. The van der Waals surface area contributed by atoms with Gasteiger partial charge in [-0.2, -0.15) is 0 Å². The van der Waals surface area contributed by atoms with Crippen LogP contribution in [0.3, 0.4) is 0 Å². The minimum absolute atomic E-state index is 0.242. The number of hydrogen-bond donors (Lipinski definition) is 2. The third kappa shape index (κ3) is 4.10. The second-order valence-electron chi connectivity index (χ2n) is 4.31. The fourth-order valence-corrected chi connectivity index (χ4v) is 1.88. The number of nitrogens with zero attached hydrogens (tertiary/aromatic N) is 1. The molecular formula is C15H17N3O3. The van der Waals surface area contributed by atoms with Crippen LogP contribution in [0.15, 0.2) is 48.7 Å². The third-order valence-corrected chi connectivity index (χ3v) is 2.81. The van der Waals surface area contributed by atoms with Crippen molar-refractivity contribution in [1.82, 2.24) is 15.4 Å². The van der Waals surface area contributed by atoms with E-state index in [4.69, 9.17) is 0 Å². The average Bonchev–Trinajstić information content (AvgIpc) is 2.94. The quantitative estimate of drug-likeness (QED) is 0.844. The number of carbonyl (C=O) groups is 2. The summed E-state index contributed by atoms with van der Waals surface area (Å²) in [6, 6.07) is 13.3. The van der Waals surface area contributed by atoms with Crippen LogP contribution in [0.5, 0.6) is 0 Å². The van der Waals surface area contributed by atoms with Crippen LogP contribution < -0.4 is 10.9 Å². The molecule has 2 N–H and O–H groups in total. The second kappa shape index (κ2) is 7.14. The maximum Gasteiger partial charge on any atom is 0.426 e. The van der Waals surface area contributed by atoms with Gasteiger partial charge in [-0.1, -0.05) is 30.3 Å². The molecule has 0 atom stereocenters. The smallest absolute Gasteiger partial charge is 0.426 e. The van der Waals surface area contributed by atoms with Crippen LogP contribution in [0.1, 0.15) is 23.0 Å². The molecule has 110 valence electrons. The molecule has 0 saturated heterocycles. The molecule has 6 nitrogen and oxygen atoms in total. The number of aromatic nitrogens is 1. The van der Waals surface area contributed by atoms with E-state index in [1.54, 1.807) is 23.6 Å². The molecule has 0 radical (unpaired) electrons. The Morgan fingerprint density at radius 1 is 1.10 bits per heavy atom. The van der Waals surface area contributed by atoms with Gasteiger partial charge in [0, 0.05) is 12.7 Å². The van der Waals surface area contributed by atoms with Gasteiger partial charge in [-0.3, -0.25) is 10.2 Å². The second-order valence-corrected chi connectivity index (χ2v) is 4.31. The van der Waals surface area contributed by atoms with Crippen molar-refractivity contribution in [3.63, 3.8) is 0 Å². The zero-order chi connectivity index (χ0) is 15.1. The van der Waals surface area contributed by atoms with Crippen LogP contribution in [0.4, 0.5) is 4.79 Å². The largest absolute Gasteiger partial charge is 0.449 e. The summed E-state index contributed by atoms with van der Waals surface area (Å²) in [5.41, 5.74) is 6.04. The monoisotopic (exact) mass is 287 g/mol. The zero-order valence-electron chi connectivity index (χ0n) is 11.7. The summed E-state index contributed by atoms with van der Waals surface area (Å²) in [4.78, 5) is 23.2. The lowest BCUT2D eigenvalue weighted by Crippen LogP contribution is -2.42. The summed E-state index contributed by atoms with van der Waals surface area (Å²) >= 11 is 0. The molecule has 0 aliphatic rings. The predicted molar refractivity (Wildman–Crippen MR) is 77.6 cm³/mol. The lowest BCUT2D eigenvalue weighted by molar-refractivity contribution is 0.0904. The molecule has 1 aromatic heterocycles. The highest BCUT2D eigenvalue weighted by atomic mass is 16.5. The SMILES string of the molecule is CCOC(=O)NNC(=O)c1cccn1Cc1ccccc1. The van der Waals surface area contributed by atoms with Crippen LogP contribution in [0, 0.1) is 0 Å². The molecule has 0 saturated carbocycles. The van der Waals surface area contributed by atoms with E-state index in [0.717, 1.165) is 5.56 Å². The highest BCUT2D eigenvalue weighted by molar-refractivity contribution is 5.93. The Hall–Kier alpha value is -2.76. The Morgan fingerprint density at radius 3 is 2.57 bits per heavy atom. The van der Waals surface area contributed by atoms with Crippen LogP contribution in [-0.2, 0) is 11.3 Å². The highest BCUT2D eigenvalue weighted by Gasteiger charge is 2.12. The van der Waals surface area contributed by atoms with E-state index >= 15 is 0 Å². The molecule has 0 spiro atoms. The van der Waals surface area contributed by atoms with Gasteiger partial charge in [0.25, 0.3) is 5.91 Å². The normalized spacial score (nSPS) is 9.95. The van der Waals surface area contributed by atoms with Gasteiger partial charge < -0.3 is 9.30 Å². The van der Waals surface area contributed by atoms with Gasteiger partial charge in [-0.05, 0) is 24.6 Å². The fraction of sp³-hybridized carbons (Fsp3) is 0.200. The average molecular weight is 287 g/mol. The number of hydrazine groups is 1. The molecule has 2 rings (SSSR count). The van der Waals surface area contributed by atoms with E-state index in [9.17, 15) is 9.59 Å². The molecule has 0 bridgehead atoms. The Labute approximate surface area is 122 Å². The molecule has 21 heavy (non-hydrogen) atoms. The van der Waals surface area contributed by atoms with E-state index in [0.29, 0.717) is 12.2 Å². The van der Waals surface area contributed by atoms with Crippen molar-refractivity contribution in [3.8, 4) is 0 Å². The standard InChI is InChI=1S/C15H17N3O3/c1-2-21-15(20)17-16-14(19)13-9-6-10-18(13)11-12-7-4-3-5-8-12/h3-10H,2,11H2,1H3,(H,16,19)(H,17,20). The van der Waals surface area contributed by atoms with Gasteiger partial charge in [0.05, 0.1) is 6.61 Å². The van der Waals surface area contributed by atoms with Gasteiger partial charge in [0.1, 0.15) is 5.69 Å². The summed E-state index contributed by atoms with van der Waals surface area (Å²) < 4.78 is 6.47. The maximum absolute atomic E-state index is 12.0. The van der Waals surface area contributed by atoms with Crippen molar-refractivity contribution in [2.75, 3.05) is 6.61 Å². The van der Waals surface area contributed by atoms with Gasteiger partial charge in [0.2, 0.25) is 0 Å². The Bertz CT molecular complexity index is 608. The molecule has 0 aliphatic heterocycles. The van der Waals surface area contributed by atoms with E-state index in [1.165, 1.54) is 0 Å². The first-order valence-electron chi connectivity index (χ1n) is 6.63. The van der Waals surface area contributed by atoms with Crippen molar-refractivity contribution in [3.05, 3.63) is 59.9 Å². The Morgan fingerprint density at radius 2 is 1.86 bits per heavy atom. The van der Waals surface area contributed by atoms with Gasteiger partial charge in [-0.15, -0.1) is 0 Å². The number of amides is 2. The molecule has 2 amide bonds. The molecule has 0 aliphatic carbocycles. The molecule has 6 heteroatoms. The number of nitrogens with one attached hydrogen (secondary N) is 2. The van der Waals surface area contributed by atoms with Crippen LogP contribution in [-0.4, -0.2) is 23.2 Å². The van der Waals surface area contributed by atoms with Crippen molar-refractivity contribution >= 4 is 12.0 Å². The lowest BCUT2D eigenvalue weighted by atomic mass is 10.2. The number of hydrogen-bond acceptors (Lipinski definition) is 3. The minimum Gasteiger partial charge on any atom is -0.449 e. The van der Waals surface area contributed by atoms with Crippen LogP contribution in [0.25, 0.3) is 0 Å². The molecular weight excluding hydrogens is 270 g/mol. The molecule has 0 unspecified atom stereocenters. The predicted octanol–water partition coefficient (Wildman–Crippen LogP) is 1.93. The van der Waals surface area contributed by atoms with Gasteiger partial charge in [0.15, 0.2) is 0 Å². The van der Waals surface area contributed by atoms with Gasteiger partial charge in [-0.25, -0.2) is 10.2 Å². The van der Waals surface area contributed by atoms with E-state index in [2.05, 4.69) is 15.6 Å². The maximum atomic E-state index is 12.0. The Kier molecular flexibility index (Phi) is 4.98. The van der Waals surface area contributed by atoms with Crippen molar-refractivity contribution in [2.45, 2.75) is 13.5 Å². The number of carbonyl (C=O) groups excluding carboxylic acids is 2. The zero-order valence-corrected chi connectivity index (χ0v) is 11.7. The summed E-state index contributed by atoms with van der Waals surface area (Å²) in [7, 11) is 0. The first-order chi connectivity index (χ1) is 10.2. The summed E-state index contributed by atoms with van der Waals surface area (Å²) in [6.45, 7) is 2.51. The molecule has 1 aromatic carbocycles. The minimum atomic E-state index is -0.688. The highest BCUT2D eigenvalue weighted by Crippen LogP contribution is 2.07. The molecule has 0 fully saturated rings. The fourth-order valence-electron chi connectivity index (χ4n) is 1.88. The number of ether oxygens (including phenoxy) is 1. The molecule has 2 aromatic rings. The van der Waals surface area contributed by atoms with E-state index < -0.39 is 12.0 Å². The van der Waals surface area contributed by atoms with Crippen LogP contribution in [0.2, 0.25) is 0 Å². The van der Waals surface area contributed by atoms with E-state index in [1.807, 2.05) is 36.5 Å². The van der Waals surface area contributed by atoms with Crippen molar-refractivity contribution < 1.29 is 14.3 Å². The number of benzene rings is 1. The Balaban J connectivity index is 1.99. The van der Waals surface area contributed by atoms with Crippen molar-refractivity contribution in [2.24, 2.45) is 0 Å². The summed E-state index contributed by atoms with van der Waals surface area (Å²) in [6.07, 6.45) is 1.12. The summed E-state index contributed by atoms with van der Waals surface area (Å²) in [5.74, 6) is -0.399. The topological polar surface area (TPSA) is 72.4 Å².